The van der Waals surface area contributed by atoms with Crippen molar-refractivity contribution in [1.29, 1.82) is 0 Å². The molecule has 3 nitrogen and oxygen atoms in total. The summed E-state index contributed by atoms with van der Waals surface area (Å²) < 4.78 is 5.18. The van der Waals surface area contributed by atoms with Crippen molar-refractivity contribution in [2.75, 3.05) is 19.4 Å². The highest BCUT2D eigenvalue weighted by molar-refractivity contribution is 5.46. The van der Waals surface area contributed by atoms with Crippen LogP contribution in [0.3, 0.4) is 0 Å². The Balaban J connectivity index is 1.58. The van der Waals surface area contributed by atoms with E-state index in [0.29, 0.717) is 0 Å². The lowest BCUT2D eigenvalue weighted by atomic mass is 10.1. The fourth-order valence-electron chi connectivity index (χ4n) is 2.72. The van der Waals surface area contributed by atoms with Gasteiger partial charge >= 0.3 is 0 Å². The molecule has 2 N–H and O–H groups in total. The SMILES string of the molecule is COc1ccc(CCN2Cc3ccc(N)cc3C2)cc1. The first-order valence-corrected chi connectivity index (χ1v) is 6.97. The molecule has 2 aromatic carbocycles. The van der Waals surface area contributed by atoms with Gasteiger partial charge in [0.15, 0.2) is 0 Å². The molecular weight excluding hydrogens is 248 g/mol. The van der Waals surface area contributed by atoms with Gasteiger partial charge in [-0.25, -0.2) is 0 Å². The van der Waals surface area contributed by atoms with Gasteiger partial charge in [-0.05, 0) is 47.4 Å². The zero-order valence-corrected chi connectivity index (χ0v) is 11.8. The van der Waals surface area contributed by atoms with Crippen LogP contribution in [0.4, 0.5) is 5.69 Å². The fourth-order valence-corrected chi connectivity index (χ4v) is 2.72. The van der Waals surface area contributed by atoms with Crippen molar-refractivity contribution in [3.05, 3.63) is 59.2 Å². The standard InChI is InChI=1S/C17H20N2O/c1-20-17-6-2-13(3-7-17)8-9-19-11-14-4-5-16(18)10-15(14)12-19/h2-7,10H,8-9,11-12,18H2,1H3. The summed E-state index contributed by atoms with van der Waals surface area (Å²) in [7, 11) is 1.70. The van der Waals surface area contributed by atoms with E-state index in [2.05, 4.69) is 29.2 Å². The fraction of sp³-hybridized carbons (Fsp3) is 0.294. The predicted octanol–water partition coefficient (Wildman–Crippen LogP) is 2.84. The van der Waals surface area contributed by atoms with Gasteiger partial charge in [-0.3, -0.25) is 4.90 Å². The van der Waals surface area contributed by atoms with Crippen LogP contribution in [0.5, 0.6) is 5.75 Å². The molecule has 1 heterocycles. The lowest BCUT2D eigenvalue weighted by Gasteiger charge is -2.14. The molecule has 0 saturated heterocycles. The van der Waals surface area contributed by atoms with Gasteiger partial charge in [0.25, 0.3) is 0 Å². The molecule has 3 rings (SSSR count). The van der Waals surface area contributed by atoms with E-state index in [-0.39, 0.29) is 0 Å². The van der Waals surface area contributed by atoms with Gasteiger partial charge < -0.3 is 10.5 Å². The van der Waals surface area contributed by atoms with Crippen molar-refractivity contribution < 1.29 is 4.74 Å². The molecule has 0 bridgehead atoms. The summed E-state index contributed by atoms with van der Waals surface area (Å²) in [5.74, 6) is 0.915. The second-order valence-electron chi connectivity index (χ2n) is 5.34. The average molecular weight is 268 g/mol. The number of ether oxygens (including phenoxy) is 1. The third-order valence-electron chi connectivity index (χ3n) is 3.89. The highest BCUT2D eigenvalue weighted by atomic mass is 16.5. The summed E-state index contributed by atoms with van der Waals surface area (Å²) >= 11 is 0. The summed E-state index contributed by atoms with van der Waals surface area (Å²) in [6.45, 7) is 3.11. The number of benzene rings is 2. The topological polar surface area (TPSA) is 38.5 Å². The van der Waals surface area contributed by atoms with Crippen molar-refractivity contribution in [3.63, 3.8) is 0 Å². The predicted molar refractivity (Wildman–Crippen MR) is 81.7 cm³/mol. The first-order chi connectivity index (χ1) is 9.74. The molecule has 0 spiro atoms. The minimum atomic E-state index is 0.862. The van der Waals surface area contributed by atoms with E-state index in [9.17, 15) is 0 Å². The average Bonchev–Trinajstić information content (AvgIpc) is 2.87. The third-order valence-corrected chi connectivity index (χ3v) is 3.89. The second-order valence-corrected chi connectivity index (χ2v) is 5.34. The summed E-state index contributed by atoms with van der Waals surface area (Å²) in [6.07, 6.45) is 1.06. The Bertz CT molecular complexity index is 592. The maximum atomic E-state index is 5.84. The second kappa shape index (κ2) is 5.55. The Kier molecular flexibility index (Phi) is 3.61. The van der Waals surface area contributed by atoms with Gasteiger partial charge in [-0.1, -0.05) is 18.2 Å². The van der Waals surface area contributed by atoms with Gasteiger partial charge in [-0.15, -0.1) is 0 Å². The Morgan fingerprint density at radius 3 is 2.55 bits per heavy atom. The maximum Gasteiger partial charge on any atom is 0.118 e. The van der Waals surface area contributed by atoms with Crippen LogP contribution in [-0.2, 0) is 19.5 Å². The molecule has 1 aliphatic rings. The van der Waals surface area contributed by atoms with Crippen LogP contribution in [0.1, 0.15) is 16.7 Å². The zero-order chi connectivity index (χ0) is 13.9. The molecule has 0 amide bonds. The normalized spacial score (nSPS) is 14.2. The lowest BCUT2D eigenvalue weighted by molar-refractivity contribution is 0.288. The van der Waals surface area contributed by atoms with E-state index in [4.69, 9.17) is 10.5 Å². The van der Waals surface area contributed by atoms with Gasteiger partial charge in [0, 0.05) is 25.3 Å². The molecule has 0 unspecified atom stereocenters. The molecule has 2 aromatic rings. The van der Waals surface area contributed by atoms with Gasteiger partial charge in [0.1, 0.15) is 5.75 Å². The minimum Gasteiger partial charge on any atom is -0.497 e. The smallest absolute Gasteiger partial charge is 0.118 e. The van der Waals surface area contributed by atoms with Gasteiger partial charge in [-0.2, -0.15) is 0 Å². The van der Waals surface area contributed by atoms with Crippen LogP contribution >= 0.6 is 0 Å². The number of nitrogens with two attached hydrogens (primary N) is 1. The molecule has 0 radical (unpaired) electrons. The van der Waals surface area contributed by atoms with Crippen molar-refractivity contribution in [1.82, 2.24) is 4.90 Å². The lowest BCUT2D eigenvalue weighted by Crippen LogP contribution is -2.19. The van der Waals surface area contributed by atoms with Crippen molar-refractivity contribution >= 4 is 5.69 Å². The minimum absolute atomic E-state index is 0.862. The third kappa shape index (κ3) is 2.78. The molecule has 0 fully saturated rings. The largest absolute Gasteiger partial charge is 0.497 e. The van der Waals surface area contributed by atoms with Crippen LogP contribution in [-0.4, -0.2) is 18.6 Å². The van der Waals surface area contributed by atoms with Crippen LogP contribution in [0.2, 0.25) is 0 Å². The van der Waals surface area contributed by atoms with Gasteiger partial charge in [0.05, 0.1) is 7.11 Å². The van der Waals surface area contributed by atoms with E-state index in [1.165, 1.54) is 16.7 Å². The summed E-state index contributed by atoms with van der Waals surface area (Å²) in [5.41, 5.74) is 10.8. The van der Waals surface area contributed by atoms with Crippen LogP contribution in [0.25, 0.3) is 0 Å². The summed E-state index contributed by atoms with van der Waals surface area (Å²) in [4.78, 5) is 2.47. The van der Waals surface area contributed by atoms with Crippen LogP contribution in [0, 0.1) is 0 Å². The van der Waals surface area contributed by atoms with Gasteiger partial charge in [0.2, 0.25) is 0 Å². The zero-order valence-electron chi connectivity index (χ0n) is 11.8. The summed E-state index contributed by atoms with van der Waals surface area (Å²) in [5, 5.41) is 0. The first kappa shape index (κ1) is 13.0. The van der Waals surface area contributed by atoms with Crippen molar-refractivity contribution in [2.24, 2.45) is 0 Å². The number of methoxy groups -OCH3 is 1. The Morgan fingerprint density at radius 2 is 1.80 bits per heavy atom. The Labute approximate surface area is 120 Å². The molecule has 0 aromatic heterocycles. The first-order valence-electron chi connectivity index (χ1n) is 6.97. The molecule has 3 heteroatoms. The number of anilines is 1. The number of fused-ring (bicyclic) bond motifs is 1. The number of rotatable bonds is 4. The molecular formula is C17H20N2O. The molecule has 104 valence electrons. The maximum absolute atomic E-state index is 5.84. The highest BCUT2D eigenvalue weighted by Crippen LogP contribution is 2.24. The van der Waals surface area contributed by atoms with E-state index in [0.717, 1.165) is 37.5 Å². The van der Waals surface area contributed by atoms with Crippen LogP contribution < -0.4 is 10.5 Å². The molecule has 0 saturated carbocycles. The van der Waals surface area contributed by atoms with Crippen molar-refractivity contribution in [2.45, 2.75) is 19.5 Å². The van der Waals surface area contributed by atoms with Crippen LogP contribution in [0.15, 0.2) is 42.5 Å². The quantitative estimate of drug-likeness (QED) is 0.867. The molecule has 1 aliphatic heterocycles. The monoisotopic (exact) mass is 268 g/mol. The number of nitrogens with zero attached hydrogens (tertiary/aromatic N) is 1. The molecule has 20 heavy (non-hydrogen) atoms. The molecule has 0 atom stereocenters. The Morgan fingerprint density at radius 1 is 1.05 bits per heavy atom. The van der Waals surface area contributed by atoms with Crippen molar-refractivity contribution in [3.8, 4) is 5.75 Å². The summed E-state index contributed by atoms with van der Waals surface area (Å²) in [6, 6.07) is 14.6. The Hall–Kier alpha value is -2.00. The van der Waals surface area contributed by atoms with E-state index < -0.39 is 0 Å². The molecule has 0 aliphatic carbocycles. The number of hydrogen-bond donors (Lipinski definition) is 1. The number of nitrogen functional groups attached to an aromatic ring is 1. The number of hydrogen-bond acceptors (Lipinski definition) is 3. The highest BCUT2D eigenvalue weighted by Gasteiger charge is 2.18. The van der Waals surface area contributed by atoms with E-state index in [1.807, 2.05) is 18.2 Å². The van der Waals surface area contributed by atoms with E-state index >= 15 is 0 Å². The van der Waals surface area contributed by atoms with E-state index in [1.54, 1.807) is 7.11 Å².